The molecule has 2 aromatic rings. The number of halogens is 2. The number of carbonyl (C=O) groups is 2. The molecule has 3 unspecified atom stereocenters. The van der Waals surface area contributed by atoms with Gasteiger partial charge in [-0.25, -0.2) is 0 Å². The summed E-state index contributed by atoms with van der Waals surface area (Å²) in [6, 6.07) is 13.9. The Labute approximate surface area is 322 Å². The molecule has 0 heterocycles. The first-order valence-corrected chi connectivity index (χ1v) is 18.0. The second kappa shape index (κ2) is 23.1. The van der Waals surface area contributed by atoms with Gasteiger partial charge in [0.25, 0.3) is 11.9 Å². The van der Waals surface area contributed by atoms with Crippen LogP contribution in [0.3, 0.4) is 0 Å². The maximum atomic E-state index is 9.81. The SMILES string of the molecule is CC(=O)O.CC(=O)O.CC1(C)C2CCC1(C)C(O)C2.N=C(NCCCCCCNC(=N)NC(=N)Nc1ccc(Cl)cc1)NC(=N)Nc1ccc(Cl)cc1. The van der Waals surface area contributed by atoms with Gasteiger partial charge in [0.05, 0.1) is 6.10 Å². The Kier molecular flexibility index (Phi) is 20.3. The minimum atomic E-state index is -0.833. The fraction of sp³-hybridized carbons (Fsp3) is 0.500. The fourth-order valence-electron chi connectivity index (χ4n) is 5.95. The molecule has 2 fully saturated rings. The van der Waals surface area contributed by atoms with E-state index in [2.05, 4.69) is 52.7 Å². The number of fused-ring (bicyclic) bond motifs is 2. The summed E-state index contributed by atoms with van der Waals surface area (Å²) >= 11 is 11.7. The summed E-state index contributed by atoms with van der Waals surface area (Å²) < 4.78 is 0. The molecule has 0 radical (unpaired) electrons. The standard InChI is InChI=1S/C22H30Cl2N10.C10H18O.2C2H4O2/c23-15-5-9-17(10-6-15)31-21(27)33-19(25)29-13-3-1-2-4-14-30-20(26)34-22(28)32-18-11-7-16(24)8-12-18;1-9(2)7-4-5-10(9,3)8(11)6-7;2*1-2(3)4/h5-12H,1-4,13-14H2,(H5,25,27,29,31,33)(H5,26,28,30,32,34);7-8,11H,4-6H2,1-3H3;2*1H3,(H,3,4). The van der Waals surface area contributed by atoms with Crippen LogP contribution in [0, 0.1) is 38.4 Å². The van der Waals surface area contributed by atoms with Gasteiger partial charge in [-0.05, 0) is 97.4 Å². The summed E-state index contributed by atoms with van der Waals surface area (Å²) in [4.78, 5) is 18.0. The van der Waals surface area contributed by atoms with Crippen LogP contribution in [0.15, 0.2) is 48.5 Å². The van der Waals surface area contributed by atoms with Crippen LogP contribution >= 0.6 is 23.2 Å². The second-order valence-corrected chi connectivity index (χ2v) is 14.3. The molecule has 0 spiro atoms. The number of carboxylic acids is 2. The van der Waals surface area contributed by atoms with Crippen molar-refractivity contribution in [2.75, 3.05) is 23.7 Å². The molecule has 294 valence electrons. The van der Waals surface area contributed by atoms with Gasteiger partial charge < -0.3 is 36.6 Å². The lowest BCUT2D eigenvalue weighted by Gasteiger charge is -2.36. The Hall–Kier alpha value is -4.60. The van der Waals surface area contributed by atoms with Gasteiger partial charge in [0.2, 0.25) is 0 Å². The Balaban J connectivity index is 0.000000596. The predicted octanol–water partition coefficient (Wildman–Crippen LogP) is 6.55. The van der Waals surface area contributed by atoms with Crippen molar-refractivity contribution in [3.8, 4) is 0 Å². The minimum absolute atomic E-state index is 0.00148. The molecule has 4 rings (SSSR count). The highest BCUT2D eigenvalue weighted by molar-refractivity contribution is 6.31. The number of aliphatic carboxylic acids is 2. The van der Waals surface area contributed by atoms with Crippen molar-refractivity contribution in [2.45, 2.75) is 85.7 Å². The number of guanidine groups is 4. The molecule has 0 saturated heterocycles. The van der Waals surface area contributed by atoms with Crippen LogP contribution in [-0.4, -0.2) is 70.3 Å². The van der Waals surface area contributed by atoms with Gasteiger partial charge in [-0.15, -0.1) is 0 Å². The number of hydrogen-bond acceptors (Lipinski definition) is 7. The summed E-state index contributed by atoms with van der Waals surface area (Å²) in [5.74, 6) is -0.774. The molecule has 2 bridgehead atoms. The average Bonchev–Trinajstić information content (AvgIpc) is 3.37. The molecular weight excluding hydrogens is 723 g/mol. The number of rotatable bonds is 9. The number of benzene rings is 2. The number of aliphatic hydroxyl groups excluding tert-OH is 1. The molecule has 2 aliphatic carbocycles. The monoisotopic (exact) mass is 778 g/mol. The van der Waals surface area contributed by atoms with Crippen LogP contribution in [0.25, 0.3) is 0 Å². The molecule has 0 amide bonds. The van der Waals surface area contributed by atoms with Crippen molar-refractivity contribution in [3.63, 3.8) is 0 Å². The van der Waals surface area contributed by atoms with Crippen molar-refractivity contribution in [3.05, 3.63) is 58.6 Å². The zero-order valence-electron chi connectivity index (χ0n) is 31.1. The van der Waals surface area contributed by atoms with E-state index in [1.54, 1.807) is 48.5 Å². The first-order valence-electron chi connectivity index (χ1n) is 17.2. The van der Waals surface area contributed by atoms with Crippen LogP contribution < -0.4 is 31.9 Å². The van der Waals surface area contributed by atoms with Gasteiger partial charge in [0, 0.05) is 48.4 Å². The quantitative estimate of drug-likeness (QED) is 0.0737. The predicted molar refractivity (Wildman–Crippen MR) is 214 cm³/mol. The van der Waals surface area contributed by atoms with Gasteiger partial charge >= 0.3 is 0 Å². The zero-order chi connectivity index (χ0) is 40.2. The Bertz CT molecular complexity index is 1410. The van der Waals surface area contributed by atoms with Crippen LogP contribution in [0.4, 0.5) is 11.4 Å². The molecule has 15 nitrogen and oxygen atoms in total. The number of aliphatic hydroxyl groups is 1. The first-order chi connectivity index (χ1) is 24.8. The highest BCUT2D eigenvalue weighted by atomic mass is 35.5. The van der Waals surface area contributed by atoms with E-state index in [0.717, 1.165) is 51.9 Å². The maximum Gasteiger partial charge on any atom is 0.300 e. The lowest BCUT2D eigenvalue weighted by molar-refractivity contribution is -0.135. The molecule has 53 heavy (non-hydrogen) atoms. The lowest BCUT2D eigenvalue weighted by Crippen LogP contribution is -2.43. The number of nitrogens with one attached hydrogen (secondary N) is 10. The van der Waals surface area contributed by atoms with E-state index in [-0.39, 0.29) is 35.4 Å². The normalized spacial score (nSPS) is 18.5. The molecule has 2 aromatic carbocycles. The van der Waals surface area contributed by atoms with Crippen molar-refractivity contribution in [1.82, 2.24) is 21.3 Å². The van der Waals surface area contributed by atoms with Crippen LogP contribution in [0.2, 0.25) is 10.0 Å². The van der Waals surface area contributed by atoms with E-state index >= 15 is 0 Å². The Morgan fingerprint density at radius 1 is 0.698 bits per heavy atom. The minimum Gasteiger partial charge on any atom is -0.481 e. The van der Waals surface area contributed by atoms with Gasteiger partial charge in [-0.3, -0.25) is 41.9 Å². The van der Waals surface area contributed by atoms with Crippen LogP contribution in [0.5, 0.6) is 0 Å². The number of unbranched alkanes of at least 4 members (excludes halogenated alkanes) is 3. The largest absolute Gasteiger partial charge is 0.481 e. The highest BCUT2D eigenvalue weighted by Gasteiger charge is 2.60. The number of anilines is 2. The zero-order valence-corrected chi connectivity index (χ0v) is 32.6. The summed E-state index contributed by atoms with van der Waals surface area (Å²) in [5.41, 5.74) is 2.02. The summed E-state index contributed by atoms with van der Waals surface area (Å²) in [5, 5.41) is 74.1. The Morgan fingerprint density at radius 2 is 1.06 bits per heavy atom. The lowest BCUT2D eigenvalue weighted by atomic mass is 9.70. The number of carboxylic acid groups (broad SMARTS) is 2. The molecule has 2 aliphatic rings. The third-order valence-corrected chi connectivity index (χ3v) is 9.69. The second-order valence-electron chi connectivity index (χ2n) is 13.4. The summed E-state index contributed by atoms with van der Waals surface area (Å²) in [6.45, 7) is 10.3. The molecular formula is C36H56Cl2N10O5. The summed E-state index contributed by atoms with van der Waals surface area (Å²) in [6.07, 6.45) is 7.28. The van der Waals surface area contributed by atoms with Gasteiger partial charge in [0.1, 0.15) is 0 Å². The molecule has 0 aromatic heterocycles. The van der Waals surface area contributed by atoms with E-state index in [4.69, 9.17) is 64.6 Å². The molecule has 17 heteroatoms. The highest BCUT2D eigenvalue weighted by Crippen LogP contribution is 2.65. The van der Waals surface area contributed by atoms with Gasteiger partial charge in [0.15, 0.2) is 23.8 Å². The third-order valence-electron chi connectivity index (χ3n) is 9.18. The fourth-order valence-corrected chi connectivity index (χ4v) is 6.20. The van der Waals surface area contributed by atoms with E-state index < -0.39 is 11.9 Å². The van der Waals surface area contributed by atoms with Gasteiger partial charge in [-0.1, -0.05) is 56.8 Å². The Morgan fingerprint density at radius 3 is 1.32 bits per heavy atom. The van der Waals surface area contributed by atoms with Crippen LogP contribution in [0.1, 0.15) is 79.6 Å². The molecule has 13 N–H and O–H groups in total. The van der Waals surface area contributed by atoms with Gasteiger partial charge in [-0.2, -0.15) is 0 Å². The van der Waals surface area contributed by atoms with E-state index in [9.17, 15) is 5.11 Å². The maximum absolute atomic E-state index is 9.81. The van der Waals surface area contributed by atoms with E-state index in [1.807, 2.05) is 0 Å². The first kappa shape index (κ1) is 46.4. The summed E-state index contributed by atoms with van der Waals surface area (Å²) in [7, 11) is 0. The molecule has 3 atom stereocenters. The van der Waals surface area contributed by atoms with Crippen molar-refractivity contribution in [1.29, 1.82) is 21.6 Å². The third kappa shape index (κ3) is 18.1. The van der Waals surface area contributed by atoms with E-state index in [1.165, 1.54) is 12.8 Å². The number of hydrogen-bond donors (Lipinski definition) is 13. The van der Waals surface area contributed by atoms with Crippen molar-refractivity contribution in [2.24, 2.45) is 16.7 Å². The van der Waals surface area contributed by atoms with E-state index in [0.29, 0.717) is 39.9 Å². The van der Waals surface area contributed by atoms with Crippen molar-refractivity contribution >= 4 is 70.4 Å². The smallest absolute Gasteiger partial charge is 0.300 e. The topological polar surface area (TPSA) is 262 Å². The van der Waals surface area contributed by atoms with Crippen molar-refractivity contribution < 1.29 is 24.9 Å². The molecule has 2 saturated carbocycles. The molecule has 0 aliphatic heterocycles. The average molecular weight is 780 g/mol. The van der Waals surface area contributed by atoms with Crippen LogP contribution in [-0.2, 0) is 9.59 Å².